The number of amides is 1. The Hall–Kier alpha value is -0.570. The molecule has 4 heteroatoms. The van der Waals surface area contributed by atoms with Gasteiger partial charge in [0.1, 0.15) is 0 Å². The molecule has 0 N–H and O–H groups in total. The first-order valence-corrected chi connectivity index (χ1v) is 2.92. The lowest BCUT2D eigenvalue weighted by atomic mass is 10.1. The van der Waals surface area contributed by atoms with E-state index in [0.29, 0.717) is 6.54 Å². The zero-order valence-corrected chi connectivity index (χ0v) is 6.77. The lowest BCUT2D eigenvalue weighted by Crippen LogP contribution is -2.22. The van der Waals surface area contributed by atoms with Crippen molar-refractivity contribution in [2.45, 2.75) is 6.92 Å². The van der Waals surface area contributed by atoms with Crippen LogP contribution in [0.2, 0.25) is 0 Å². The number of halogens is 1. The average molecular weight is 164 g/mol. The van der Waals surface area contributed by atoms with Crippen LogP contribution >= 0.6 is 12.4 Å². The van der Waals surface area contributed by atoms with Crippen molar-refractivity contribution in [3.8, 4) is 0 Å². The van der Waals surface area contributed by atoms with Crippen LogP contribution in [0.3, 0.4) is 0 Å². The fourth-order valence-electron chi connectivity index (χ4n) is 0.976. The van der Waals surface area contributed by atoms with Crippen LogP contribution in [0, 0.1) is 5.92 Å². The molecule has 1 saturated heterocycles. The molecule has 58 valence electrons. The van der Waals surface area contributed by atoms with Crippen molar-refractivity contribution in [2.24, 2.45) is 5.92 Å². The summed E-state index contributed by atoms with van der Waals surface area (Å²) in [5.41, 5.74) is 0. The zero-order chi connectivity index (χ0) is 7.02. The minimum absolute atomic E-state index is 0. The highest BCUT2D eigenvalue weighted by atomic mass is 35.5. The van der Waals surface area contributed by atoms with E-state index >= 15 is 0 Å². The normalized spacial score (nSPS) is 25.0. The maximum absolute atomic E-state index is 10.7. The van der Waals surface area contributed by atoms with Crippen LogP contribution in [0.4, 0.5) is 0 Å². The van der Waals surface area contributed by atoms with Gasteiger partial charge in [-0.05, 0) is 0 Å². The Kier molecular flexibility index (Phi) is 2.84. The Morgan fingerprint density at radius 2 is 2.00 bits per heavy atom. The molecular weight excluding hydrogens is 154 g/mol. The fraction of sp³-hybridized carbons (Fsp3) is 0.667. The standard InChI is InChI=1S/C6H9NO2.ClH/c1-4-3-7(2)6(9)5(4)8;/h4H,3H2,1-2H3;1H. The first-order chi connectivity index (χ1) is 4.13. The van der Waals surface area contributed by atoms with Crippen molar-refractivity contribution in [3.05, 3.63) is 0 Å². The highest BCUT2D eigenvalue weighted by Crippen LogP contribution is 2.09. The molecule has 1 fully saturated rings. The van der Waals surface area contributed by atoms with Gasteiger partial charge in [0, 0.05) is 19.5 Å². The van der Waals surface area contributed by atoms with Crippen molar-refractivity contribution < 1.29 is 9.59 Å². The van der Waals surface area contributed by atoms with Gasteiger partial charge in [-0.25, -0.2) is 0 Å². The van der Waals surface area contributed by atoms with Crippen molar-refractivity contribution >= 4 is 24.1 Å². The number of likely N-dealkylation sites (N-methyl/N-ethyl adjacent to an activating group) is 1. The second-order valence-corrected chi connectivity index (χ2v) is 2.45. The quantitative estimate of drug-likeness (QED) is 0.475. The second kappa shape index (κ2) is 3.01. The molecule has 1 atom stereocenters. The van der Waals surface area contributed by atoms with E-state index in [1.807, 2.05) is 0 Å². The van der Waals surface area contributed by atoms with E-state index in [2.05, 4.69) is 0 Å². The topological polar surface area (TPSA) is 37.4 Å². The third-order valence-electron chi connectivity index (χ3n) is 1.55. The van der Waals surface area contributed by atoms with Crippen LogP contribution in [-0.2, 0) is 9.59 Å². The molecule has 1 aliphatic rings. The lowest BCUT2D eigenvalue weighted by molar-refractivity contribution is -0.140. The molecule has 1 unspecified atom stereocenters. The summed E-state index contributed by atoms with van der Waals surface area (Å²) in [4.78, 5) is 22.9. The summed E-state index contributed by atoms with van der Waals surface area (Å²) in [5.74, 6) is -0.692. The number of hydrogen-bond acceptors (Lipinski definition) is 2. The molecule has 0 aromatic rings. The van der Waals surface area contributed by atoms with Gasteiger partial charge in [0.2, 0.25) is 5.78 Å². The molecule has 10 heavy (non-hydrogen) atoms. The molecule has 3 nitrogen and oxygen atoms in total. The van der Waals surface area contributed by atoms with Gasteiger partial charge in [-0.3, -0.25) is 9.59 Å². The number of carbonyl (C=O) groups is 2. The maximum Gasteiger partial charge on any atom is 0.290 e. The highest BCUT2D eigenvalue weighted by molar-refractivity contribution is 6.38. The molecule has 0 spiro atoms. The highest BCUT2D eigenvalue weighted by Gasteiger charge is 2.32. The molecular formula is C6H10ClNO2. The van der Waals surface area contributed by atoms with Crippen LogP contribution in [-0.4, -0.2) is 30.2 Å². The number of likely N-dealkylation sites (tertiary alicyclic amines) is 1. The van der Waals surface area contributed by atoms with Gasteiger partial charge in [0.25, 0.3) is 5.91 Å². The molecule has 0 aliphatic carbocycles. The fourth-order valence-corrected chi connectivity index (χ4v) is 0.976. The largest absolute Gasteiger partial charge is 0.338 e. The number of rotatable bonds is 0. The Balaban J connectivity index is 0.000000810. The van der Waals surface area contributed by atoms with E-state index in [-0.39, 0.29) is 30.0 Å². The molecule has 1 aliphatic heterocycles. The summed E-state index contributed by atoms with van der Waals surface area (Å²) in [6.07, 6.45) is 0. The Morgan fingerprint density at radius 1 is 1.50 bits per heavy atom. The summed E-state index contributed by atoms with van der Waals surface area (Å²) < 4.78 is 0. The number of ketones is 1. The third kappa shape index (κ3) is 1.29. The Bertz CT molecular complexity index is 151. The predicted octanol–water partition coefficient (Wildman–Crippen LogP) is 0.0854. The van der Waals surface area contributed by atoms with Crippen LogP contribution in [0.1, 0.15) is 6.92 Å². The van der Waals surface area contributed by atoms with Gasteiger partial charge in [-0.1, -0.05) is 6.92 Å². The van der Waals surface area contributed by atoms with Crippen LogP contribution < -0.4 is 0 Å². The maximum atomic E-state index is 10.7. The zero-order valence-electron chi connectivity index (χ0n) is 5.96. The van der Waals surface area contributed by atoms with Gasteiger partial charge in [-0.2, -0.15) is 0 Å². The molecule has 1 amide bonds. The van der Waals surface area contributed by atoms with Gasteiger partial charge in [0.15, 0.2) is 0 Å². The van der Waals surface area contributed by atoms with Gasteiger partial charge in [-0.15, -0.1) is 12.4 Å². The first-order valence-electron chi connectivity index (χ1n) is 2.92. The van der Waals surface area contributed by atoms with Crippen LogP contribution in [0.25, 0.3) is 0 Å². The van der Waals surface area contributed by atoms with Crippen molar-refractivity contribution in [1.82, 2.24) is 4.90 Å². The van der Waals surface area contributed by atoms with Crippen LogP contribution in [0.5, 0.6) is 0 Å². The summed E-state index contributed by atoms with van der Waals surface area (Å²) in [7, 11) is 1.64. The minimum atomic E-state index is -0.345. The molecule has 0 aromatic carbocycles. The van der Waals surface area contributed by atoms with Crippen molar-refractivity contribution in [1.29, 1.82) is 0 Å². The SMILES string of the molecule is CC1CN(C)C(=O)C1=O.Cl. The van der Waals surface area contributed by atoms with E-state index in [9.17, 15) is 9.59 Å². The van der Waals surface area contributed by atoms with Gasteiger partial charge in [0.05, 0.1) is 0 Å². The van der Waals surface area contributed by atoms with Crippen molar-refractivity contribution in [3.63, 3.8) is 0 Å². The molecule has 0 saturated carbocycles. The second-order valence-electron chi connectivity index (χ2n) is 2.45. The molecule has 1 heterocycles. The third-order valence-corrected chi connectivity index (χ3v) is 1.55. The average Bonchev–Trinajstić information content (AvgIpc) is 1.98. The van der Waals surface area contributed by atoms with Crippen LogP contribution in [0.15, 0.2) is 0 Å². The summed E-state index contributed by atoms with van der Waals surface area (Å²) in [6, 6.07) is 0. The van der Waals surface area contributed by atoms with Crippen molar-refractivity contribution in [2.75, 3.05) is 13.6 Å². The van der Waals surface area contributed by atoms with E-state index in [1.165, 1.54) is 4.90 Å². The van der Waals surface area contributed by atoms with Gasteiger partial charge < -0.3 is 4.90 Å². The van der Waals surface area contributed by atoms with E-state index in [0.717, 1.165) is 0 Å². The number of carbonyl (C=O) groups excluding carboxylic acids is 2. The Morgan fingerprint density at radius 3 is 2.10 bits per heavy atom. The minimum Gasteiger partial charge on any atom is -0.338 e. The summed E-state index contributed by atoms with van der Waals surface area (Å²) in [5, 5.41) is 0. The molecule has 0 radical (unpaired) electrons. The number of Topliss-reactive ketones (excluding diaryl/α,β-unsaturated/α-hetero) is 1. The number of nitrogens with zero attached hydrogens (tertiary/aromatic N) is 1. The Labute approximate surface area is 65.8 Å². The van der Waals surface area contributed by atoms with E-state index < -0.39 is 0 Å². The monoisotopic (exact) mass is 163 g/mol. The van der Waals surface area contributed by atoms with Gasteiger partial charge >= 0.3 is 0 Å². The first kappa shape index (κ1) is 9.43. The summed E-state index contributed by atoms with van der Waals surface area (Å²) in [6.45, 7) is 2.35. The molecule has 0 aromatic heterocycles. The smallest absolute Gasteiger partial charge is 0.290 e. The van der Waals surface area contributed by atoms with E-state index in [1.54, 1.807) is 14.0 Å². The summed E-state index contributed by atoms with van der Waals surface area (Å²) >= 11 is 0. The predicted molar refractivity (Wildman–Crippen MR) is 39.1 cm³/mol. The lowest BCUT2D eigenvalue weighted by Gasteiger charge is -2.03. The molecule has 0 bridgehead atoms. The van der Waals surface area contributed by atoms with E-state index in [4.69, 9.17) is 0 Å². The number of hydrogen-bond donors (Lipinski definition) is 0. The molecule has 1 rings (SSSR count).